The number of phenolic OH excluding ortho intramolecular Hbond substituents is 4. The van der Waals surface area contributed by atoms with Gasteiger partial charge in [0.05, 0.1) is 12.2 Å². The maximum Gasteiger partial charge on any atom is 0.331 e. The van der Waals surface area contributed by atoms with E-state index >= 15 is 0 Å². The lowest BCUT2D eigenvalue weighted by atomic mass is 9.99. The molecule has 0 saturated carbocycles. The van der Waals surface area contributed by atoms with Crippen molar-refractivity contribution in [3.63, 3.8) is 0 Å². The molecule has 1 heterocycles. The zero-order valence-corrected chi connectivity index (χ0v) is 21.8. The number of ether oxygens (including phenoxy) is 3. The van der Waals surface area contributed by atoms with E-state index in [4.69, 9.17) is 14.2 Å². The number of allylic oxidation sites excluding steroid dienone is 1. The van der Waals surface area contributed by atoms with Crippen LogP contribution in [0.1, 0.15) is 21.5 Å². The highest BCUT2D eigenvalue weighted by Gasteiger charge is 2.48. The normalized spacial score (nSPS) is 22.3. The zero-order valence-electron chi connectivity index (χ0n) is 21.8. The van der Waals surface area contributed by atoms with Gasteiger partial charge in [-0.15, -0.1) is 0 Å². The molecule has 12 heteroatoms. The van der Waals surface area contributed by atoms with Crippen molar-refractivity contribution in [1.29, 1.82) is 0 Å². The van der Waals surface area contributed by atoms with Crippen LogP contribution in [0.15, 0.2) is 72.8 Å². The first-order valence-electron chi connectivity index (χ1n) is 12.6. The van der Waals surface area contributed by atoms with Crippen molar-refractivity contribution in [2.75, 3.05) is 6.61 Å². The highest BCUT2D eigenvalue weighted by Crippen LogP contribution is 2.40. The summed E-state index contributed by atoms with van der Waals surface area (Å²) in [6.45, 7) is -0.739. The van der Waals surface area contributed by atoms with E-state index < -0.39 is 66.3 Å². The van der Waals surface area contributed by atoms with Gasteiger partial charge in [-0.3, -0.25) is 4.79 Å². The van der Waals surface area contributed by atoms with Gasteiger partial charge in [-0.2, -0.15) is 0 Å². The molecule has 5 atom stereocenters. The van der Waals surface area contributed by atoms with E-state index in [1.807, 2.05) is 0 Å². The van der Waals surface area contributed by atoms with Crippen molar-refractivity contribution in [3.05, 3.63) is 89.5 Å². The number of hydrogen-bond donors (Lipinski definition) is 7. The molecule has 1 saturated heterocycles. The Morgan fingerprint density at radius 2 is 1.33 bits per heavy atom. The van der Waals surface area contributed by atoms with Crippen molar-refractivity contribution in [3.8, 4) is 28.7 Å². The molecule has 2 unspecified atom stereocenters. The molecular weight excluding hydrogens is 552 g/mol. The summed E-state index contributed by atoms with van der Waals surface area (Å²) in [5, 5.41) is 70.4. The van der Waals surface area contributed by atoms with Gasteiger partial charge in [0.25, 0.3) is 0 Å². The van der Waals surface area contributed by atoms with E-state index in [9.17, 15) is 45.3 Å². The fourth-order valence-electron chi connectivity index (χ4n) is 4.03. The summed E-state index contributed by atoms with van der Waals surface area (Å²) < 4.78 is 16.3. The average molecular weight is 581 g/mol. The number of rotatable bonds is 9. The molecule has 3 aromatic carbocycles. The van der Waals surface area contributed by atoms with Crippen LogP contribution in [0.3, 0.4) is 0 Å². The first kappa shape index (κ1) is 30.1. The summed E-state index contributed by atoms with van der Waals surface area (Å²) in [6.07, 6.45) is -3.15. The fourth-order valence-corrected chi connectivity index (χ4v) is 4.03. The molecule has 42 heavy (non-hydrogen) atoms. The molecule has 220 valence electrons. The molecule has 0 bridgehead atoms. The number of ketones is 1. The Morgan fingerprint density at radius 1 is 0.762 bits per heavy atom. The van der Waals surface area contributed by atoms with Crippen LogP contribution < -0.4 is 4.74 Å². The number of aromatic hydroxyl groups is 4. The van der Waals surface area contributed by atoms with E-state index in [1.165, 1.54) is 48.6 Å². The second kappa shape index (κ2) is 13.2. The second-order valence-corrected chi connectivity index (χ2v) is 9.25. The number of aliphatic hydroxyl groups is 3. The minimum Gasteiger partial charge on any atom is -0.508 e. The van der Waals surface area contributed by atoms with Crippen molar-refractivity contribution in [2.24, 2.45) is 0 Å². The number of benzene rings is 3. The number of carbonyl (C=O) groups is 2. The Balaban J connectivity index is 1.52. The van der Waals surface area contributed by atoms with Crippen molar-refractivity contribution < 1.29 is 59.5 Å². The fraction of sp³-hybridized carbons (Fsp3) is 0.200. The van der Waals surface area contributed by atoms with E-state index in [2.05, 4.69) is 0 Å². The Bertz CT molecular complexity index is 1460. The third-order valence-electron chi connectivity index (χ3n) is 6.32. The van der Waals surface area contributed by atoms with Crippen molar-refractivity contribution in [1.82, 2.24) is 0 Å². The standard InChI is InChI=1S/C30H28O12/c31-15-23-27(38)28(39)29(42-24(35)14-6-17-3-9-19(33)10-4-17)30(41-23)40-22-13-11-20(25(36)26(22)37)21(34)12-5-16-1-7-18(32)8-2-16/h1-14,23,27-33,36-39H,15H2/b12-5+,14-6+/t23?,27-,28+,29?,30-/m1/s1. The highest BCUT2D eigenvalue weighted by atomic mass is 16.7. The summed E-state index contributed by atoms with van der Waals surface area (Å²) in [5.74, 6) is -3.66. The van der Waals surface area contributed by atoms with Gasteiger partial charge in [-0.05, 0) is 59.7 Å². The monoisotopic (exact) mass is 580 g/mol. The summed E-state index contributed by atoms with van der Waals surface area (Å²) in [5.41, 5.74) is 0.869. The van der Waals surface area contributed by atoms with E-state index in [0.29, 0.717) is 11.1 Å². The average Bonchev–Trinajstić information content (AvgIpc) is 2.98. The van der Waals surface area contributed by atoms with Gasteiger partial charge in [0, 0.05) is 6.08 Å². The summed E-state index contributed by atoms with van der Waals surface area (Å²) in [7, 11) is 0. The SMILES string of the molecule is O=C(/C=C/c1ccc(O)cc1)OC1[C@H](Oc2ccc(C(=O)/C=C/c3ccc(O)cc3)c(O)c2O)OC(CO)[C@@H](O)[C@@H]1O. The molecule has 0 spiro atoms. The minimum atomic E-state index is -1.78. The lowest BCUT2D eigenvalue weighted by Gasteiger charge is -2.41. The molecular formula is C30H28O12. The smallest absolute Gasteiger partial charge is 0.331 e. The predicted octanol–water partition coefficient (Wildman–Crippen LogP) is 1.85. The predicted molar refractivity (Wildman–Crippen MR) is 147 cm³/mol. The maximum atomic E-state index is 12.6. The quantitative estimate of drug-likeness (QED) is 0.0839. The Kier molecular flexibility index (Phi) is 9.45. The van der Waals surface area contributed by atoms with E-state index in [0.717, 1.165) is 24.3 Å². The van der Waals surface area contributed by atoms with Crippen LogP contribution in [0, 0.1) is 0 Å². The lowest BCUT2D eigenvalue weighted by Crippen LogP contribution is -2.61. The number of carbonyl (C=O) groups excluding carboxylic acids is 2. The molecule has 0 radical (unpaired) electrons. The van der Waals surface area contributed by atoms with Gasteiger partial charge in [0.2, 0.25) is 12.0 Å². The molecule has 0 aliphatic carbocycles. The first-order valence-corrected chi connectivity index (χ1v) is 12.6. The van der Waals surface area contributed by atoms with Crippen LogP contribution in [0.2, 0.25) is 0 Å². The molecule has 3 aromatic rings. The number of hydrogen-bond acceptors (Lipinski definition) is 12. The highest BCUT2D eigenvalue weighted by molar-refractivity contribution is 6.09. The van der Waals surface area contributed by atoms with Gasteiger partial charge < -0.3 is 50.0 Å². The zero-order chi connectivity index (χ0) is 30.4. The van der Waals surface area contributed by atoms with Crippen molar-refractivity contribution in [2.45, 2.75) is 30.7 Å². The first-order chi connectivity index (χ1) is 20.1. The maximum absolute atomic E-state index is 12.6. The summed E-state index contributed by atoms with van der Waals surface area (Å²) in [6, 6.07) is 14.2. The Hall–Kier alpha value is -4.88. The van der Waals surface area contributed by atoms with Crippen LogP contribution in [0.4, 0.5) is 0 Å². The third-order valence-corrected chi connectivity index (χ3v) is 6.32. The van der Waals surface area contributed by atoms with E-state index in [-0.39, 0.29) is 17.1 Å². The molecule has 4 rings (SSSR count). The Morgan fingerprint density at radius 3 is 1.90 bits per heavy atom. The molecule has 1 fully saturated rings. The second-order valence-electron chi connectivity index (χ2n) is 9.25. The van der Waals surface area contributed by atoms with Gasteiger partial charge >= 0.3 is 5.97 Å². The molecule has 7 N–H and O–H groups in total. The van der Waals surface area contributed by atoms with Gasteiger partial charge in [0.15, 0.2) is 23.4 Å². The van der Waals surface area contributed by atoms with Gasteiger partial charge in [-0.1, -0.05) is 30.3 Å². The largest absolute Gasteiger partial charge is 0.508 e. The van der Waals surface area contributed by atoms with Crippen LogP contribution in [0.5, 0.6) is 28.7 Å². The molecule has 12 nitrogen and oxygen atoms in total. The number of aliphatic hydroxyl groups excluding tert-OH is 3. The summed E-state index contributed by atoms with van der Waals surface area (Å²) >= 11 is 0. The van der Waals surface area contributed by atoms with Gasteiger partial charge in [0.1, 0.15) is 29.8 Å². The minimum absolute atomic E-state index is 0.0295. The summed E-state index contributed by atoms with van der Waals surface area (Å²) in [4.78, 5) is 25.2. The number of esters is 1. The van der Waals surface area contributed by atoms with Crippen LogP contribution in [0.25, 0.3) is 12.2 Å². The molecule has 0 aromatic heterocycles. The van der Waals surface area contributed by atoms with Crippen LogP contribution in [-0.2, 0) is 14.3 Å². The topological polar surface area (TPSA) is 203 Å². The van der Waals surface area contributed by atoms with E-state index in [1.54, 1.807) is 12.1 Å². The lowest BCUT2D eigenvalue weighted by molar-refractivity contribution is -0.281. The Labute approximate surface area is 239 Å². The van der Waals surface area contributed by atoms with Crippen LogP contribution >= 0.6 is 0 Å². The molecule has 1 aliphatic rings. The molecule has 0 amide bonds. The van der Waals surface area contributed by atoms with Gasteiger partial charge in [-0.25, -0.2) is 4.79 Å². The number of phenols is 4. The molecule has 1 aliphatic heterocycles. The third kappa shape index (κ3) is 7.06. The van der Waals surface area contributed by atoms with Crippen molar-refractivity contribution >= 4 is 23.9 Å². The van der Waals surface area contributed by atoms with Crippen LogP contribution in [-0.4, -0.2) is 84.8 Å².